The molecular formula is C14H27N3O3S. The van der Waals surface area contributed by atoms with Crippen LogP contribution in [0, 0.1) is 0 Å². The van der Waals surface area contributed by atoms with E-state index in [1.807, 2.05) is 0 Å². The van der Waals surface area contributed by atoms with Gasteiger partial charge in [0.25, 0.3) is 0 Å². The molecule has 1 amide bonds. The molecule has 2 aliphatic heterocycles. The molecule has 0 unspecified atom stereocenters. The Labute approximate surface area is 127 Å². The minimum Gasteiger partial charge on any atom is -0.353 e. The van der Waals surface area contributed by atoms with Gasteiger partial charge in [0.1, 0.15) is 6.04 Å². The summed E-state index contributed by atoms with van der Waals surface area (Å²) in [7, 11) is -3.31. The summed E-state index contributed by atoms with van der Waals surface area (Å²) in [6.07, 6.45) is 5.84. The first kappa shape index (κ1) is 16.7. The largest absolute Gasteiger partial charge is 0.353 e. The fraction of sp³-hybridized carbons (Fsp3) is 0.929. The summed E-state index contributed by atoms with van der Waals surface area (Å²) in [6, 6.07) is -0.126. The Morgan fingerprint density at radius 2 is 1.95 bits per heavy atom. The van der Waals surface area contributed by atoms with Crippen LogP contribution in [0.2, 0.25) is 0 Å². The van der Waals surface area contributed by atoms with Crippen LogP contribution in [0.4, 0.5) is 0 Å². The van der Waals surface area contributed by atoms with Crippen molar-refractivity contribution in [1.82, 2.24) is 14.5 Å². The van der Waals surface area contributed by atoms with Gasteiger partial charge >= 0.3 is 0 Å². The number of piperidine rings is 1. The van der Waals surface area contributed by atoms with Gasteiger partial charge in [-0.2, -0.15) is 4.31 Å². The lowest BCUT2D eigenvalue weighted by Gasteiger charge is -2.33. The zero-order chi connectivity index (χ0) is 15.5. The fourth-order valence-electron chi connectivity index (χ4n) is 3.44. The maximum absolute atomic E-state index is 12.4. The highest BCUT2D eigenvalue weighted by Gasteiger charge is 2.34. The van der Waals surface area contributed by atoms with Crippen LogP contribution in [0.25, 0.3) is 0 Å². The fourth-order valence-corrected chi connectivity index (χ4v) is 4.57. The van der Waals surface area contributed by atoms with Gasteiger partial charge in [0.15, 0.2) is 0 Å². The third-order valence-electron chi connectivity index (χ3n) is 4.60. The SMILES string of the molecule is CCN1CCC[C@H]1CNC(=O)[C@H]1CCCCN1S(C)(=O)=O. The standard InChI is InChI=1S/C14H27N3O3S/c1-3-16-9-6-7-12(16)11-15-14(18)13-8-4-5-10-17(13)21(2,19)20/h12-13H,3-11H2,1-2H3,(H,15,18)/t12-,13+/m0/s1. The third-order valence-corrected chi connectivity index (χ3v) is 5.89. The van der Waals surface area contributed by atoms with Crippen LogP contribution in [-0.4, -0.2) is 68.0 Å². The van der Waals surface area contributed by atoms with Gasteiger partial charge in [-0.3, -0.25) is 9.69 Å². The lowest BCUT2D eigenvalue weighted by molar-refractivity contribution is -0.125. The Morgan fingerprint density at radius 1 is 1.19 bits per heavy atom. The van der Waals surface area contributed by atoms with E-state index in [0.29, 0.717) is 25.6 Å². The number of likely N-dealkylation sites (tertiary alicyclic amines) is 1. The quantitative estimate of drug-likeness (QED) is 0.797. The van der Waals surface area contributed by atoms with Gasteiger partial charge in [-0.25, -0.2) is 8.42 Å². The molecule has 6 nitrogen and oxygen atoms in total. The van der Waals surface area contributed by atoms with Crippen LogP contribution in [0.3, 0.4) is 0 Å². The van der Waals surface area contributed by atoms with Crippen molar-refractivity contribution in [2.75, 3.05) is 32.4 Å². The smallest absolute Gasteiger partial charge is 0.238 e. The minimum atomic E-state index is -3.31. The molecule has 122 valence electrons. The normalized spacial score (nSPS) is 28.7. The Kier molecular flexibility index (Phi) is 5.62. The summed E-state index contributed by atoms with van der Waals surface area (Å²) in [5.41, 5.74) is 0. The molecule has 0 aromatic rings. The number of hydrogen-bond donors (Lipinski definition) is 1. The van der Waals surface area contributed by atoms with E-state index in [-0.39, 0.29) is 5.91 Å². The molecule has 7 heteroatoms. The number of likely N-dealkylation sites (N-methyl/N-ethyl adjacent to an activating group) is 1. The highest BCUT2D eigenvalue weighted by Crippen LogP contribution is 2.20. The monoisotopic (exact) mass is 317 g/mol. The van der Waals surface area contributed by atoms with Crippen molar-refractivity contribution >= 4 is 15.9 Å². The average molecular weight is 317 g/mol. The Bertz CT molecular complexity index is 466. The highest BCUT2D eigenvalue weighted by molar-refractivity contribution is 7.88. The van der Waals surface area contributed by atoms with Crippen molar-refractivity contribution in [1.29, 1.82) is 0 Å². The number of hydrogen-bond acceptors (Lipinski definition) is 4. The molecule has 2 atom stereocenters. The van der Waals surface area contributed by atoms with Crippen molar-refractivity contribution in [2.45, 2.75) is 51.1 Å². The Morgan fingerprint density at radius 3 is 2.62 bits per heavy atom. The van der Waals surface area contributed by atoms with E-state index >= 15 is 0 Å². The van der Waals surface area contributed by atoms with E-state index in [1.54, 1.807) is 0 Å². The van der Waals surface area contributed by atoms with Crippen LogP contribution in [0.1, 0.15) is 39.0 Å². The lowest BCUT2D eigenvalue weighted by atomic mass is 10.0. The highest BCUT2D eigenvalue weighted by atomic mass is 32.2. The van der Waals surface area contributed by atoms with Gasteiger partial charge in [-0.05, 0) is 38.8 Å². The summed E-state index contributed by atoms with van der Waals surface area (Å²) in [6.45, 7) is 5.31. The van der Waals surface area contributed by atoms with E-state index < -0.39 is 16.1 Å². The first-order valence-corrected chi connectivity index (χ1v) is 9.77. The molecule has 21 heavy (non-hydrogen) atoms. The van der Waals surface area contributed by atoms with Gasteiger partial charge in [0.2, 0.25) is 15.9 Å². The van der Waals surface area contributed by atoms with Gasteiger partial charge < -0.3 is 5.32 Å². The molecule has 0 spiro atoms. The minimum absolute atomic E-state index is 0.136. The lowest BCUT2D eigenvalue weighted by Crippen LogP contribution is -2.53. The van der Waals surface area contributed by atoms with Crippen LogP contribution >= 0.6 is 0 Å². The summed E-state index contributed by atoms with van der Waals surface area (Å²) < 4.78 is 25.0. The molecular weight excluding hydrogens is 290 g/mol. The van der Waals surface area contributed by atoms with Crippen molar-refractivity contribution in [3.63, 3.8) is 0 Å². The van der Waals surface area contributed by atoms with E-state index in [9.17, 15) is 13.2 Å². The van der Waals surface area contributed by atoms with Crippen LogP contribution in [0.15, 0.2) is 0 Å². The Hall–Kier alpha value is -0.660. The van der Waals surface area contributed by atoms with Crippen LogP contribution in [-0.2, 0) is 14.8 Å². The van der Waals surface area contributed by atoms with Crippen molar-refractivity contribution in [3.05, 3.63) is 0 Å². The van der Waals surface area contributed by atoms with E-state index in [0.717, 1.165) is 32.4 Å². The molecule has 0 aliphatic carbocycles. The first-order valence-electron chi connectivity index (χ1n) is 7.92. The number of carbonyl (C=O) groups excluding carboxylic acids is 1. The summed E-state index contributed by atoms with van der Waals surface area (Å²) in [5.74, 6) is -0.136. The van der Waals surface area contributed by atoms with Gasteiger partial charge in [-0.15, -0.1) is 0 Å². The van der Waals surface area contributed by atoms with Gasteiger partial charge in [-0.1, -0.05) is 13.3 Å². The number of nitrogens with one attached hydrogen (secondary N) is 1. The molecule has 2 rings (SSSR count). The van der Waals surface area contributed by atoms with Crippen molar-refractivity contribution in [3.8, 4) is 0 Å². The second-order valence-electron chi connectivity index (χ2n) is 6.06. The molecule has 0 aromatic heterocycles. The number of amides is 1. The third kappa shape index (κ3) is 4.17. The van der Waals surface area contributed by atoms with Crippen LogP contribution in [0.5, 0.6) is 0 Å². The second-order valence-corrected chi connectivity index (χ2v) is 7.99. The van der Waals surface area contributed by atoms with Crippen LogP contribution < -0.4 is 5.32 Å². The Balaban J connectivity index is 1.92. The maximum Gasteiger partial charge on any atom is 0.238 e. The number of carbonyl (C=O) groups is 1. The molecule has 2 aliphatic rings. The van der Waals surface area contributed by atoms with Crippen molar-refractivity contribution in [2.24, 2.45) is 0 Å². The topological polar surface area (TPSA) is 69.7 Å². The molecule has 0 saturated carbocycles. The van der Waals surface area contributed by atoms with E-state index in [2.05, 4.69) is 17.1 Å². The average Bonchev–Trinajstić information content (AvgIpc) is 2.91. The predicted octanol–water partition coefficient (Wildman–Crippen LogP) is 0.401. The molecule has 0 radical (unpaired) electrons. The van der Waals surface area contributed by atoms with E-state index in [4.69, 9.17) is 0 Å². The number of rotatable bonds is 5. The predicted molar refractivity (Wildman–Crippen MR) is 82.5 cm³/mol. The number of sulfonamides is 1. The maximum atomic E-state index is 12.4. The number of nitrogens with zero attached hydrogens (tertiary/aromatic N) is 2. The summed E-state index contributed by atoms with van der Waals surface area (Å²) in [5, 5.41) is 2.97. The molecule has 2 fully saturated rings. The molecule has 2 saturated heterocycles. The van der Waals surface area contributed by atoms with Gasteiger partial charge in [0, 0.05) is 19.1 Å². The summed E-state index contributed by atoms with van der Waals surface area (Å²) in [4.78, 5) is 14.7. The molecule has 1 N–H and O–H groups in total. The molecule has 0 aromatic carbocycles. The second kappa shape index (κ2) is 7.07. The van der Waals surface area contributed by atoms with Crippen molar-refractivity contribution < 1.29 is 13.2 Å². The van der Waals surface area contributed by atoms with Gasteiger partial charge in [0.05, 0.1) is 6.26 Å². The zero-order valence-electron chi connectivity index (χ0n) is 13.0. The zero-order valence-corrected chi connectivity index (χ0v) is 13.9. The molecule has 2 heterocycles. The first-order chi connectivity index (χ1) is 9.93. The summed E-state index contributed by atoms with van der Waals surface area (Å²) >= 11 is 0. The molecule has 0 bridgehead atoms. The van der Waals surface area contributed by atoms with E-state index in [1.165, 1.54) is 17.0 Å².